The molecule has 0 radical (unpaired) electrons. The van der Waals surface area contributed by atoms with E-state index >= 15 is 0 Å². The Labute approximate surface area is 119 Å². The number of nitrogens with two attached hydrogens (primary N) is 1. The minimum Gasteiger partial charge on any atom is -0.399 e. The van der Waals surface area contributed by atoms with Crippen LogP contribution in [0.3, 0.4) is 0 Å². The zero-order valence-corrected chi connectivity index (χ0v) is 11.8. The summed E-state index contributed by atoms with van der Waals surface area (Å²) in [5.41, 5.74) is 8.50. The minimum atomic E-state index is -0.167. The van der Waals surface area contributed by atoms with E-state index in [0.29, 0.717) is 5.69 Å². The molecule has 0 fully saturated rings. The third-order valence-corrected chi connectivity index (χ3v) is 3.46. The molecule has 3 N–H and O–H groups in total. The predicted molar refractivity (Wildman–Crippen MR) is 82.3 cm³/mol. The van der Waals surface area contributed by atoms with E-state index in [0.717, 1.165) is 11.1 Å². The second-order valence-corrected chi connectivity index (χ2v) is 5.03. The Hall–Kier alpha value is -2.29. The molecule has 0 bridgehead atoms. The number of hydrogen-bond acceptors (Lipinski definition) is 2. The van der Waals surface area contributed by atoms with E-state index in [2.05, 4.69) is 5.32 Å². The largest absolute Gasteiger partial charge is 0.399 e. The highest BCUT2D eigenvalue weighted by Gasteiger charge is 2.17. The van der Waals surface area contributed by atoms with Gasteiger partial charge in [0.2, 0.25) is 5.91 Å². The van der Waals surface area contributed by atoms with Crippen molar-refractivity contribution in [3.8, 4) is 0 Å². The molecule has 2 unspecified atom stereocenters. The van der Waals surface area contributed by atoms with E-state index in [4.69, 9.17) is 5.73 Å². The van der Waals surface area contributed by atoms with Gasteiger partial charge in [0.1, 0.15) is 0 Å². The zero-order valence-electron chi connectivity index (χ0n) is 11.8. The summed E-state index contributed by atoms with van der Waals surface area (Å²) in [7, 11) is 0. The van der Waals surface area contributed by atoms with Crippen LogP contribution in [-0.2, 0) is 4.79 Å². The monoisotopic (exact) mass is 268 g/mol. The predicted octanol–water partition coefficient (Wildman–Crippen LogP) is 3.25. The van der Waals surface area contributed by atoms with Gasteiger partial charge in [-0.2, -0.15) is 0 Å². The maximum absolute atomic E-state index is 12.3. The van der Waals surface area contributed by atoms with Gasteiger partial charge < -0.3 is 11.1 Å². The van der Waals surface area contributed by atoms with Crippen molar-refractivity contribution in [2.45, 2.75) is 25.8 Å². The molecule has 104 valence electrons. The van der Waals surface area contributed by atoms with Crippen molar-refractivity contribution >= 4 is 11.6 Å². The van der Waals surface area contributed by atoms with Crippen LogP contribution in [0.15, 0.2) is 54.6 Å². The second kappa shape index (κ2) is 6.24. The first kappa shape index (κ1) is 14.1. The van der Waals surface area contributed by atoms with Crippen molar-refractivity contribution in [2.24, 2.45) is 0 Å². The van der Waals surface area contributed by atoms with Gasteiger partial charge in [-0.1, -0.05) is 42.5 Å². The lowest BCUT2D eigenvalue weighted by Gasteiger charge is -2.18. The van der Waals surface area contributed by atoms with Gasteiger partial charge in [0, 0.05) is 5.69 Å². The van der Waals surface area contributed by atoms with Crippen LogP contribution in [0.25, 0.3) is 0 Å². The molecule has 0 aliphatic rings. The lowest BCUT2D eigenvalue weighted by Crippen LogP contribution is -2.30. The van der Waals surface area contributed by atoms with Gasteiger partial charge in [-0.05, 0) is 37.1 Å². The van der Waals surface area contributed by atoms with Crippen molar-refractivity contribution in [1.29, 1.82) is 0 Å². The first-order chi connectivity index (χ1) is 9.58. The van der Waals surface area contributed by atoms with Crippen molar-refractivity contribution < 1.29 is 4.79 Å². The fourth-order valence-electron chi connectivity index (χ4n) is 2.14. The van der Waals surface area contributed by atoms with E-state index in [9.17, 15) is 4.79 Å². The average Bonchev–Trinajstić information content (AvgIpc) is 2.47. The van der Waals surface area contributed by atoms with Crippen LogP contribution >= 0.6 is 0 Å². The zero-order chi connectivity index (χ0) is 14.5. The van der Waals surface area contributed by atoms with Crippen LogP contribution in [0.2, 0.25) is 0 Å². The number of rotatable bonds is 4. The number of carbonyl (C=O) groups excluding carboxylic acids is 1. The summed E-state index contributed by atoms with van der Waals surface area (Å²) < 4.78 is 0. The molecule has 3 heteroatoms. The van der Waals surface area contributed by atoms with Gasteiger partial charge >= 0.3 is 0 Å². The van der Waals surface area contributed by atoms with Gasteiger partial charge in [0.25, 0.3) is 0 Å². The molecule has 2 atom stereocenters. The van der Waals surface area contributed by atoms with Crippen LogP contribution < -0.4 is 11.1 Å². The van der Waals surface area contributed by atoms with Crippen LogP contribution in [0.1, 0.15) is 36.9 Å². The van der Waals surface area contributed by atoms with Gasteiger partial charge in [0.15, 0.2) is 0 Å². The lowest BCUT2D eigenvalue weighted by molar-refractivity contribution is -0.122. The van der Waals surface area contributed by atoms with Gasteiger partial charge in [-0.3, -0.25) is 4.79 Å². The molecule has 2 aromatic rings. The van der Waals surface area contributed by atoms with Gasteiger partial charge in [-0.15, -0.1) is 0 Å². The molecule has 0 spiro atoms. The quantitative estimate of drug-likeness (QED) is 0.836. The maximum Gasteiger partial charge on any atom is 0.227 e. The molecule has 2 rings (SSSR count). The van der Waals surface area contributed by atoms with E-state index in [-0.39, 0.29) is 17.9 Å². The summed E-state index contributed by atoms with van der Waals surface area (Å²) in [5.74, 6) is -0.147. The Kier molecular flexibility index (Phi) is 4.41. The average molecular weight is 268 g/mol. The fraction of sp³-hybridized carbons (Fsp3) is 0.235. The second-order valence-electron chi connectivity index (χ2n) is 5.03. The van der Waals surface area contributed by atoms with Crippen molar-refractivity contribution in [1.82, 2.24) is 5.32 Å². The lowest BCUT2D eigenvalue weighted by atomic mass is 9.99. The van der Waals surface area contributed by atoms with Gasteiger partial charge in [0.05, 0.1) is 12.0 Å². The smallest absolute Gasteiger partial charge is 0.227 e. The Balaban J connectivity index is 2.04. The molecule has 20 heavy (non-hydrogen) atoms. The highest BCUT2D eigenvalue weighted by atomic mass is 16.1. The molecule has 2 aromatic carbocycles. The number of benzene rings is 2. The topological polar surface area (TPSA) is 55.1 Å². The summed E-state index contributed by atoms with van der Waals surface area (Å²) in [6, 6.07) is 17.3. The molecule has 0 aliphatic heterocycles. The number of carbonyl (C=O) groups is 1. The third-order valence-electron chi connectivity index (χ3n) is 3.46. The Bertz CT molecular complexity index is 581. The molecule has 0 saturated carbocycles. The number of anilines is 1. The number of hydrogen-bond donors (Lipinski definition) is 2. The summed E-state index contributed by atoms with van der Waals surface area (Å²) in [6.45, 7) is 3.88. The molecule has 0 heterocycles. The highest BCUT2D eigenvalue weighted by molar-refractivity contribution is 5.83. The molecule has 0 aliphatic carbocycles. The molecule has 0 aromatic heterocycles. The van der Waals surface area contributed by atoms with Gasteiger partial charge in [-0.25, -0.2) is 0 Å². The summed E-state index contributed by atoms with van der Waals surface area (Å²) >= 11 is 0. The Morgan fingerprint density at radius 3 is 2.30 bits per heavy atom. The van der Waals surface area contributed by atoms with E-state index < -0.39 is 0 Å². The maximum atomic E-state index is 12.3. The Morgan fingerprint density at radius 2 is 1.65 bits per heavy atom. The summed E-state index contributed by atoms with van der Waals surface area (Å²) in [6.07, 6.45) is 0. The molecule has 3 nitrogen and oxygen atoms in total. The number of nitrogen functional groups attached to an aromatic ring is 1. The first-order valence-electron chi connectivity index (χ1n) is 6.78. The van der Waals surface area contributed by atoms with E-state index in [1.54, 1.807) is 0 Å². The summed E-state index contributed by atoms with van der Waals surface area (Å²) in [4.78, 5) is 12.3. The molecule has 0 saturated heterocycles. The van der Waals surface area contributed by atoms with Crippen LogP contribution in [0, 0.1) is 0 Å². The standard InChI is InChI=1S/C17H20N2O/c1-12(14-7-4-3-5-8-14)17(20)19-13(2)15-9-6-10-16(18)11-15/h3-13H,18H2,1-2H3,(H,19,20). The van der Waals surface area contributed by atoms with Crippen LogP contribution in [0.5, 0.6) is 0 Å². The molecule has 1 amide bonds. The SMILES string of the molecule is CC(NC(=O)C(C)c1ccccc1)c1cccc(N)c1. The van der Waals surface area contributed by atoms with E-state index in [1.807, 2.05) is 68.4 Å². The van der Waals surface area contributed by atoms with Crippen molar-refractivity contribution in [3.63, 3.8) is 0 Å². The Morgan fingerprint density at radius 1 is 1.00 bits per heavy atom. The fourth-order valence-corrected chi connectivity index (χ4v) is 2.14. The first-order valence-corrected chi connectivity index (χ1v) is 6.78. The third kappa shape index (κ3) is 3.38. The normalized spacial score (nSPS) is 13.5. The van der Waals surface area contributed by atoms with Crippen molar-refractivity contribution in [2.75, 3.05) is 5.73 Å². The molecular weight excluding hydrogens is 248 g/mol. The van der Waals surface area contributed by atoms with Crippen LogP contribution in [0.4, 0.5) is 5.69 Å². The number of nitrogens with one attached hydrogen (secondary N) is 1. The molecular formula is C17H20N2O. The summed E-state index contributed by atoms with van der Waals surface area (Å²) in [5, 5.41) is 3.03. The van der Waals surface area contributed by atoms with E-state index in [1.165, 1.54) is 0 Å². The number of amides is 1. The highest BCUT2D eigenvalue weighted by Crippen LogP contribution is 2.19. The van der Waals surface area contributed by atoms with Crippen LogP contribution in [-0.4, -0.2) is 5.91 Å². The minimum absolute atomic E-state index is 0.0196. The van der Waals surface area contributed by atoms with Crippen molar-refractivity contribution in [3.05, 3.63) is 65.7 Å².